The number of halogens is 1. The van der Waals surface area contributed by atoms with Crippen LogP contribution in [0.15, 0.2) is 17.1 Å². The highest BCUT2D eigenvalue weighted by Gasteiger charge is 2.23. The van der Waals surface area contributed by atoms with E-state index in [1.54, 1.807) is 0 Å². The minimum absolute atomic E-state index is 0. The number of carbonyl (C=O) groups excluding carboxylic acids is 1. The van der Waals surface area contributed by atoms with Crippen LogP contribution < -0.4 is 11.1 Å². The normalized spacial score (nSPS) is 18.2. The number of carbonyl (C=O) groups is 1. The summed E-state index contributed by atoms with van der Waals surface area (Å²) in [5, 5.41) is 3.38. The molecule has 0 aromatic carbocycles. The van der Waals surface area contributed by atoms with Crippen LogP contribution in [-0.4, -0.2) is 36.4 Å². The van der Waals surface area contributed by atoms with Crippen LogP contribution in [0.2, 0.25) is 0 Å². The minimum Gasteiger partial charge on any atom is -0.370 e. The Balaban J connectivity index is 0.00000288. The van der Waals surface area contributed by atoms with E-state index in [-0.39, 0.29) is 29.9 Å². The molecule has 136 valence electrons. The van der Waals surface area contributed by atoms with Crippen molar-refractivity contribution in [3.05, 3.63) is 21.9 Å². The molecule has 0 bridgehead atoms. The molecule has 5 nitrogen and oxygen atoms in total. The summed E-state index contributed by atoms with van der Waals surface area (Å²) >= 11 is 1.83. The highest BCUT2D eigenvalue weighted by molar-refractivity contribution is 14.0. The number of aryl methyl sites for hydroxylation is 1. The zero-order valence-electron chi connectivity index (χ0n) is 14.6. The third-order valence-electron chi connectivity index (χ3n) is 4.09. The average Bonchev–Trinajstić information content (AvgIpc) is 2.99. The smallest absolute Gasteiger partial charge is 0.217 e. The average molecular weight is 464 g/mol. The van der Waals surface area contributed by atoms with Gasteiger partial charge in [0.25, 0.3) is 0 Å². The summed E-state index contributed by atoms with van der Waals surface area (Å²) in [5.74, 6) is 1.09. The van der Waals surface area contributed by atoms with Crippen molar-refractivity contribution in [3.63, 3.8) is 0 Å². The largest absolute Gasteiger partial charge is 0.370 e. The molecule has 1 aliphatic rings. The maximum atomic E-state index is 11.2. The molecule has 1 aromatic rings. The van der Waals surface area contributed by atoms with E-state index in [0.717, 1.165) is 44.9 Å². The number of likely N-dealkylation sites (tertiary alicyclic amines) is 1. The van der Waals surface area contributed by atoms with Crippen molar-refractivity contribution < 1.29 is 4.79 Å². The van der Waals surface area contributed by atoms with Gasteiger partial charge in [-0.05, 0) is 44.2 Å². The van der Waals surface area contributed by atoms with Crippen LogP contribution in [0.4, 0.5) is 0 Å². The molecule has 1 amide bonds. The van der Waals surface area contributed by atoms with E-state index >= 15 is 0 Å². The second-order valence-electron chi connectivity index (χ2n) is 6.02. The fraction of sp³-hybridized carbons (Fsp3) is 0.647. The summed E-state index contributed by atoms with van der Waals surface area (Å²) < 4.78 is 0. The molecule has 1 aromatic heterocycles. The van der Waals surface area contributed by atoms with Gasteiger partial charge in [-0.3, -0.25) is 4.79 Å². The highest BCUT2D eigenvalue weighted by Crippen LogP contribution is 2.21. The molecule has 2 heterocycles. The molecule has 1 fully saturated rings. The van der Waals surface area contributed by atoms with Gasteiger partial charge in [0.05, 0.1) is 6.54 Å². The van der Waals surface area contributed by atoms with Crippen molar-refractivity contribution in [2.75, 3.05) is 19.6 Å². The van der Waals surface area contributed by atoms with Gasteiger partial charge in [0.2, 0.25) is 5.91 Å². The number of nitrogens with two attached hydrogens (primary N) is 1. The van der Waals surface area contributed by atoms with E-state index in [9.17, 15) is 4.79 Å². The predicted molar refractivity (Wildman–Crippen MR) is 112 cm³/mol. The minimum atomic E-state index is -0.204. The summed E-state index contributed by atoms with van der Waals surface area (Å²) in [6.07, 6.45) is 3.71. The molecule has 0 aliphatic carbocycles. The van der Waals surface area contributed by atoms with Crippen molar-refractivity contribution in [2.45, 2.75) is 46.1 Å². The Labute approximate surface area is 166 Å². The van der Waals surface area contributed by atoms with Crippen LogP contribution in [0.25, 0.3) is 0 Å². The summed E-state index contributed by atoms with van der Waals surface area (Å²) in [4.78, 5) is 20.9. The second-order valence-corrected chi connectivity index (χ2v) is 7.27. The van der Waals surface area contributed by atoms with Crippen LogP contribution in [0.1, 0.15) is 42.9 Å². The molecule has 3 N–H and O–H groups in total. The number of thiophene rings is 1. The molecule has 0 saturated carbocycles. The highest BCUT2D eigenvalue weighted by atomic mass is 127. The van der Waals surface area contributed by atoms with Gasteiger partial charge in [-0.2, -0.15) is 0 Å². The number of piperidine rings is 1. The zero-order valence-corrected chi connectivity index (χ0v) is 17.7. The van der Waals surface area contributed by atoms with E-state index in [2.05, 4.69) is 36.2 Å². The van der Waals surface area contributed by atoms with Crippen molar-refractivity contribution >= 4 is 47.2 Å². The number of rotatable bonds is 6. The monoisotopic (exact) mass is 464 g/mol. The zero-order chi connectivity index (χ0) is 16.7. The van der Waals surface area contributed by atoms with E-state index in [1.807, 2.05) is 11.3 Å². The Kier molecular flexibility index (Phi) is 9.65. The van der Waals surface area contributed by atoms with Gasteiger partial charge in [-0.1, -0.05) is 6.92 Å². The lowest BCUT2D eigenvalue weighted by atomic mass is 9.95. The Morgan fingerprint density at radius 2 is 2.17 bits per heavy atom. The van der Waals surface area contributed by atoms with E-state index in [4.69, 9.17) is 10.7 Å². The van der Waals surface area contributed by atoms with Gasteiger partial charge in [-0.15, -0.1) is 35.3 Å². The molecular weight excluding hydrogens is 435 g/mol. The molecular formula is C17H29IN4OS. The first-order valence-corrected chi connectivity index (χ1v) is 9.33. The second kappa shape index (κ2) is 10.9. The summed E-state index contributed by atoms with van der Waals surface area (Å²) in [6.45, 7) is 7.67. The maximum absolute atomic E-state index is 11.2. The van der Waals surface area contributed by atoms with E-state index in [0.29, 0.717) is 18.9 Å². The van der Waals surface area contributed by atoms with Gasteiger partial charge in [-0.25, -0.2) is 4.99 Å². The number of primary amides is 1. The molecule has 1 saturated heterocycles. The lowest BCUT2D eigenvalue weighted by Gasteiger charge is -2.34. The third kappa shape index (κ3) is 6.58. The van der Waals surface area contributed by atoms with E-state index < -0.39 is 0 Å². The number of hydrogen-bond acceptors (Lipinski definition) is 3. The maximum Gasteiger partial charge on any atom is 0.217 e. The van der Waals surface area contributed by atoms with Gasteiger partial charge in [0, 0.05) is 35.8 Å². The van der Waals surface area contributed by atoms with Gasteiger partial charge < -0.3 is 16.0 Å². The van der Waals surface area contributed by atoms with Gasteiger partial charge in [0.15, 0.2) is 5.96 Å². The van der Waals surface area contributed by atoms with E-state index in [1.165, 1.54) is 9.75 Å². The van der Waals surface area contributed by atoms with Crippen molar-refractivity contribution in [2.24, 2.45) is 16.6 Å². The Bertz CT molecular complexity index is 546. The Hall–Kier alpha value is -0.830. The summed E-state index contributed by atoms with van der Waals surface area (Å²) in [7, 11) is 0. The molecule has 0 spiro atoms. The van der Waals surface area contributed by atoms with Crippen LogP contribution in [0, 0.1) is 5.92 Å². The molecule has 1 unspecified atom stereocenters. The fourth-order valence-electron chi connectivity index (χ4n) is 2.98. The topological polar surface area (TPSA) is 70.7 Å². The number of nitrogens with zero attached hydrogens (tertiary/aromatic N) is 2. The Morgan fingerprint density at radius 1 is 1.42 bits per heavy atom. The van der Waals surface area contributed by atoms with Crippen molar-refractivity contribution in [3.8, 4) is 0 Å². The summed E-state index contributed by atoms with van der Waals surface area (Å²) in [5.41, 5.74) is 5.35. The van der Waals surface area contributed by atoms with Crippen molar-refractivity contribution in [1.29, 1.82) is 0 Å². The lowest BCUT2D eigenvalue weighted by molar-refractivity contribution is -0.119. The molecule has 1 atom stereocenters. The first-order chi connectivity index (χ1) is 11.1. The molecule has 2 rings (SSSR count). The lowest BCUT2D eigenvalue weighted by Crippen LogP contribution is -2.47. The first-order valence-electron chi connectivity index (χ1n) is 8.51. The number of aliphatic imine (C=N–C) groups is 1. The number of nitrogens with one attached hydrogen (secondary N) is 1. The number of hydrogen-bond donors (Lipinski definition) is 2. The molecule has 0 radical (unpaired) electrons. The third-order valence-corrected chi connectivity index (χ3v) is 5.31. The molecule has 7 heteroatoms. The van der Waals surface area contributed by atoms with Gasteiger partial charge >= 0.3 is 0 Å². The van der Waals surface area contributed by atoms with Crippen molar-refractivity contribution in [1.82, 2.24) is 10.2 Å². The Morgan fingerprint density at radius 3 is 2.79 bits per heavy atom. The SMILES string of the molecule is CCNC(=NCc1ccc(CC)s1)N1CCCC(CC(N)=O)C1.I. The van der Waals surface area contributed by atoms with Crippen LogP contribution >= 0.6 is 35.3 Å². The molecule has 1 aliphatic heterocycles. The predicted octanol–water partition coefficient (Wildman–Crippen LogP) is 2.98. The quantitative estimate of drug-likeness (QED) is 0.387. The van der Waals surface area contributed by atoms with Crippen LogP contribution in [0.5, 0.6) is 0 Å². The number of guanidine groups is 1. The fourth-order valence-corrected chi connectivity index (χ4v) is 3.87. The standard InChI is InChI=1S/C17H28N4OS.HI/c1-3-14-7-8-15(23-14)11-20-17(19-4-2)21-9-5-6-13(12-21)10-16(18)22;/h7-8,13H,3-6,9-12H2,1-2H3,(H2,18,22)(H,19,20);1H. The van der Waals surface area contributed by atoms with Crippen LogP contribution in [-0.2, 0) is 17.8 Å². The molecule has 24 heavy (non-hydrogen) atoms. The number of amides is 1. The summed E-state index contributed by atoms with van der Waals surface area (Å²) in [6, 6.07) is 4.36. The van der Waals surface area contributed by atoms with Crippen LogP contribution in [0.3, 0.4) is 0 Å². The van der Waals surface area contributed by atoms with Gasteiger partial charge in [0.1, 0.15) is 0 Å². The first kappa shape index (κ1) is 21.2.